The number of nitrogens with zero attached hydrogens (tertiary/aromatic N) is 2. The van der Waals surface area contributed by atoms with Crippen molar-refractivity contribution in [2.24, 2.45) is 5.92 Å². The summed E-state index contributed by atoms with van der Waals surface area (Å²) in [5.41, 5.74) is 3.52. The summed E-state index contributed by atoms with van der Waals surface area (Å²) >= 11 is 1.65. The normalized spacial score (nSPS) is 17.4. The number of carbonyl (C=O) groups is 1. The van der Waals surface area contributed by atoms with Gasteiger partial charge in [0.25, 0.3) is 6.01 Å². The number of rotatable bonds is 7. The summed E-state index contributed by atoms with van der Waals surface area (Å²) in [6, 6.07) is 19.6. The van der Waals surface area contributed by atoms with Gasteiger partial charge in [0.2, 0.25) is 0 Å². The first-order valence-electron chi connectivity index (χ1n) is 12.0. The quantitative estimate of drug-likeness (QED) is 0.134. The highest BCUT2D eigenvalue weighted by molar-refractivity contribution is 14.1. The van der Waals surface area contributed by atoms with Crippen LogP contribution in [0.15, 0.2) is 60.7 Å². The number of fused-ring (bicyclic) bond motifs is 1. The van der Waals surface area contributed by atoms with E-state index in [0.717, 1.165) is 16.7 Å². The van der Waals surface area contributed by atoms with Crippen molar-refractivity contribution in [3.05, 3.63) is 81.4 Å². The standard InChI is InChI=1S/C28H25F2IN2O3/c1-2-35-27(34)20-12-13-21(14-20)36-28-32-26-23(15-22(29)25(31)24(26)30)33(28)16-17-8-10-19(11-9-17)18-6-4-3-5-7-18/h3-11,15,20-21H,2,12-14,16H2,1H3. The molecule has 0 amide bonds. The van der Waals surface area contributed by atoms with Gasteiger partial charge in [-0.3, -0.25) is 9.36 Å². The molecule has 1 fully saturated rings. The Morgan fingerprint density at radius 1 is 1.08 bits per heavy atom. The van der Waals surface area contributed by atoms with Crippen molar-refractivity contribution >= 4 is 39.6 Å². The van der Waals surface area contributed by atoms with Crippen molar-refractivity contribution in [1.82, 2.24) is 9.55 Å². The minimum absolute atomic E-state index is 0.0663. The average molecular weight is 602 g/mol. The average Bonchev–Trinajstić information content (AvgIpc) is 3.49. The fraction of sp³-hybridized carbons (Fsp3) is 0.286. The summed E-state index contributed by atoms with van der Waals surface area (Å²) < 4.78 is 42.4. The predicted molar refractivity (Wildman–Crippen MR) is 142 cm³/mol. The predicted octanol–water partition coefficient (Wildman–Crippen LogP) is 6.75. The van der Waals surface area contributed by atoms with Crippen LogP contribution in [0.25, 0.3) is 22.2 Å². The molecule has 1 saturated carbocycles. The van der Waals surface area contributed by atoms with Gasteiger partial charge in [-0.25, -0.2) is 8.78 Å². The molecule has 5 nitrogen and oxygen atoms in total. The highest BCUT2D eigenvalue weighted by Gasteiger charge is 2.33. The SMILES string of the molecule is CCOC(=O)C1CCC(Oc2nc3c(F)c(I)c(F)cc3n2Cc2ccc(-c3ccccc3)cc2)C1. The Morgan fingerprint density at radius 2 is 1.81 bits per heavy atom. The molecule has 0 aliphatic heterocycles. The summed E-state index contributed by atoms with van der Waals surface area (Å²) in [6.45, 7) is 2.45. The van der Waals surface area contributed by atoms with E-state index < -0.39 is 11.6 Å². The summed E-state index contributed by atoms with van der Waals surface area (Å²) in [6.07, 6.45) is 1.56. The minimum atomic E-state index is -0.704. The van der Waals surface area contributed by atoms with E-state index in [0.29, 0.717) is 37.9 Å². The molecule has 1 heterocycles. The highest BCUT2D eigenvalue weighted by atomic mass is 127. The molecular weight excluding hydrogens is 577 g/mol. The van der Waals surface area contributed by atoms with Gasteiger partial charge >= 0.3 is 5.97 Å². The maximum Gasteiger partial charge on any atom is 0.309 e. The summed E-state index contributed by atoms with van der Waals surface area (Å²) in [5.74, 6) is -1.80. The van der Waals surface area contributed by atoms with Crippen LogP contribution < -0.4 is 4.74 Å². The molecule has 5 rings (SSSR count). The van der Waals surface area contributed by atoms with E-state index in [9.17, 15) is 13.6 Å². The molecular formula is C28H25F2IN2O3. The van der Waals surface area contributed by atoms with Crippen LogP contribution in [0.3, 0.4) is 0 Å². The third kappa shape index (κ3) is 4.96. The maximum atomic E-state index is 15.0. The fourth-order valence-electron chi connectivity index (χ4n) is 4.67. The van der Waals surface area contributed by atoms with Gasteiger partial charge in [-0.1, -0.05) is 54.6 Å². The van der Waals surface area contributed by atoms with E-state index in [1.807, 2.05) is 54.6 Å². The van der Waals surface area contributed by atoms with Crippen molar-refractivity contribution in [1.29, 1.82) is 0 Å². The van der Waals surface area contributed by atoms with Crippen molar-refractivity contribution in [3.8, 4) is 17.1 Å². The van der Waals surface area contributed by atoms with Crippen molar-refractivity contribution in [2.45, 2.75) is 38.8 Å². The van der Waals surface area contributed by atoms with Crippen LogP contribution in [0, 0.1) is 21.1 Å². The lowest BCUT2D eigenvalue weighted by Crippen LogP contribution is -2.19. The number of benzene rings is 3. The van der Waals surface area contributed by atoms with Gasteiger partial charge in [-0.2, -0.15) is 4.98 Å². The van der Waals surface area contributed by atoms with Crippen LogP contribution in [-0.2, 0) is 16.1 Å². The zero-order valence-corrected chi connectivity index (χ0v) is 21.9. The number of hydrogen-bond acceptors (Lipinski definition) is 4. The first-order valence-corrected chi connectivity index (χ1v) is 13.0. The first kappa shape index (κ1) is 24.7. The Hall–Kier alpha value is -3.01. The first-order chi connectivity index (χ1) is 17.4. The minimum Gasteiger partial charge on any atom is -0.466 e. The monoisotopic (exact) mass is 602 g/mol. The molecule has 0 saturated heterocycles. The van der Waals surface area contributed by atoms with E-state index in [1.165, 1.54) is 6.07 Å². The molecule has 186 valence electrons. The van der Waals surface area contributed by atoms with Crippen LogP contribution >= 0.6 is 22.6 Å². The van der Waals surface area contributed by atoms with Crippen molar-refractivity contribution in [2.75, 3.05) is 6.61 Å². The summed E-state index contributed by atoms with van der Waals surface area (Å²) in [4.78, 5) is 16.6. The lowest BCUT2D eigenvalue weighted by molar-refractivity contribution is -0.147. The molecule has 0 bridgehead atoms. The van der Waals surface area contributed by atoms with Crippen LogP contribution in [-0.4, -0.2) is 28.2 Å². The Kier molecular flexibility index (Phi) is 7.22. The molecule has 8 heteroatoms. The van der Waals surface area contributed by atoms with Crippen LogP contribution in [0.4, 0.5) is 8.78 Å². The Morgan fingerprint density at radius 3 is 2.53 bits per heavy atom. The number of ether oxygens (including phenoxy) is 2. The molecule has 0 N–H and O–H groups in total. The molecule has 4 aromatic rings. The van der Waals surface area contributed by atoms with Crippen LogP contribution in [0.2, 0.25) is 0 Å². The summed E-state index contributed by atoms with van der Waals surface area (Å²) in [5, 5.41) is 0. The largest absolute Gasteiger partial charge is 0.466 e. The Bertz CT molecular complexity index is 1390. The van der Waals surface area contributed by atoms with Gasteiger partial charge < -0.3 is 9.47 Å². The van der Waals surface area contributed by atoms with Gasteiger partial charge in [0.05, 0.1) is 28.2 Å². The molecule has 1 aliphatic carbocycles. The van der Waals surface area contributed by atoms with Crippen LogP contribution in [0.5, 0.6) is 6.01 Å². The summed E-state index contributed by atoms with van der Waals surface area (Å²) in [7, 11) is 0. The number of halogens is 3. The van der Waals surface area contributed by atoms with Gasteiger partial charge in [0.1, 0.15) is 17.4 Å². The lowest BCUT2D eigenvalue weighted by Gasteiger charge is -2.15. The second-order valence-corrected chi connectivity index (χ2v) is 9.98. The number of imidazole rings is 1. The lowest BCUT2D eigenvalue weighted by atomic mass is 10.0. The number of aromatic nitrogens is 2. The molecule has 1 aromatic heterocycles. The Balaban J connectivity index is 1.45. The number of esters is 1. The van der Waals surface area contributed by atoms with E-state index in [2.05, 4.69) is 4.98 Å². The molecule has 0 spiro atoms. The number of hydrogen-bond donors (Lipinski definition) is 0. The fourth-order valence-corrected chi connectivity index (χ4v) is 5.08. The Labute approximate surface area is 221 Å². The zero-order valence-electron chi connectivity index (χ0n) is 19.7. The van der Waals surface area contributed by atoms with Crippen molar-refractivity contribution < 1.29 is 23.0 Å². The highest BCUT2D eigenvalue weighted by Crippen LogP contribution is 2.34. The van der Waals surface area contributed by atoms with Gasteiger partial charge in [-0.15, -0.1) is 0 Å². The topological polar surface area (TPSA) is 53.4 Å². The molecule has 1 aliphatic rings. The van der Waals surface area contributed by atoms with Crippen molar-refractivity contribution in [3.63, 3.8) is 0 Å². The van der Waals surface area contributed by atoms with E-state index in [-0.39, 0.29) is 33.1 Å². The maximum absolute atomic E-state index is 15.0. The third-order valence-electron chi connectivity index (χ3n) is 6.52. The smallest absolute Gasteiger partial charge is 0.309 e. The molecule has 3 aromatic carbocycles. The second kappa shape index (κ2) is 10.5. The van der Waals surface area contributed by atoms with Crippen LogP contribution in [0.1, 0.15) is 31.7 Å². The van der Waals surface area contributed by atoms with E-state index in [1.54, 1.807) is 34.1 Å². The third-order valence-corrected chi connectivity index (χ3v) is 7.51. The number of carbonyl (C=O) groups excluding carboxylic acids is 1. The zero-order chi connectivity index (χ0) is 25.2. The molecule has 36 heavy (non-hydrogen) atoms. The molecule has 2 atom stereocenters. The van der Waals surface area contributed by atoms with E-state index in [4.69, 9.17) is 9.47 Å². The molecule has 2 unspecified atom stereocenters. The van der Waals surface area contributed by atoms with Gasteiger partial charge in [-0.05, 0) is 65.5 Å². The second-order valence-electron chi connectivity index (χ2n) is 8.90. The van der Waals surface area contributed by atoms with E-state index >= 15 is 0 Å². The van der Waals surface area contributed by atoms with Gasteiger partial charge in [0, 0.05) is 6.07 Å². The molecule has 0 radical (unpaired) electrons. The van der Waals surface area contributed by atoms with Gasteiger partial charge in [0.15, 0.2) is 5.82 Å².